The molecule has 0 radical (unpaired) electrons. The van der Waals surface area contributed by atoms with Crippen molar-refractivity contribution in [2.24, 2.45) is 0 Å². The lowest BCUT2D eigenvalue weighted by molar-refractivity contribution is -0.169. The number of thiophene rings is 1. The fraction of sp³-hybridized carbons (Fsp3) is 0.455. The summed E-state index contributed by atoms with van der Waals surface area (Å²) in [5, 5.41) is 6.51. The average Bonchev–Trinajstić information content (AvgIpc) is 2.88. The van der Waals surface area contributed by atoms with E-state index in [4.69, 9.17) is 10.6 Å². The maximum Gasteiger partial charge on any atom is 0.250 e. The largest absolute Gasteiger partial charge is 0.403 e. The first-order valence-corrected chi connectivity index (χ1v) is 6.54. The van der Waals surface area contributed by atoms with Crippen molar-refractivity contribution >= 4 is 28.2 Å². The molecule has 1 atom stereocenters. The van der Waals surface area contributed by atoms with Crippen LogP contribution in [0.5, 0.6) is 5.75 Å². The van der Waals surface area contributed by atoms with Crippen molar-refractivity contribution in [3.05, 3.63) is 10.9 Å². The van der Waals surface area contributed by atoms with Gasteiger partial charge in [0, 0.05) is 17.4 Å². The van der Waals surface area contributed by atoms with Crippen molar-refractivity contribution in [1.82, 2.24) is 10.4 Å². The molecule has 3 N–H and O–H groups in total. The van der Waals surface area contributed by atoms with Crippen molar-refractivity contribution in [2.75, 3.05) is 5.73 Å². The lowest BCUT2D eigenvalue weighted by Crippen LogP contribution is -2.60. The average molecular weight is 267 g/mol. The fourth-order valence-electron chi connectivity index (χ4n) is 2.22. The van der Waals surface area contributed by atoms with Crippen molar-refractivity contribution in [3.63, 3.8) is 0 Å². The zero-order valence-electron chi connectivity index (χ0n) is 9.86. The Morgan fingerprint density at radius 2 is 2.33 bits per heavy atom. The lowest BCUT2D eigenvalue weighted by atomic mass is 9.90. The van der Waals surface area contributed by atoms with E-state index < -0.39 is 5.54 Å². The Balaban J connectivity index is 1.85. The summed E-state index contributed by atoms with van der Waals surface area (Å²) in [6.07, 6.45) is 0.774. The molecule has 1 aromatic heterocycles. The van der Waals surface area contributed by atoms with Gasteiger partial charge in [0.15, 0.2) is 5.75 Å². The number of imide groups is 1. The van der Waals surface area contributed by atoms with Crippen LogP contribution in [0.4, 0.5) is 5.00 Å². The highest BCUT2D eigenvalue weighted by Gasteiger charge is 2.47. The van der Waals surface area contributed by atoms with Crippen LogP contribution >= 0.6 is 11.3 Å². The van der Waals surface area contributed by atoms with E-state index in [1.54, 1.807) is 12.0 Å². The van der Waals surface area contributed by atoms with Gasteiger partial charge in [-0.15, -0.1) is 16.4 Å². The number of carbonyl (C=O) groups excluding carboxylic acids is 2. The van der Waals surface area contributed by atoms with Crippen molar-refractivity contribution < 1.29 is 14.4 Å². The summed E-state index contributed by atoms with van der Waals surface area (Å²) in [4.78, 5) is 28.8. The molecule has 1 fully saturated rings. The number of hydroxylamine groups is 2. The predicted molar refractivity (Wildman–Crippen MR) is 65.7 cm³/mol. The second-order valence-electron chi connectivity index (χ2n) is 4.72. The third kappa shape index (κ3) is 1.51. The normalized spacial score (nSPS) is 27.8. The quantitative estimate of drug-likeness (QED) is 0.729. The minimum absolute atomic E-state index is 0.231. The van der Waals surface area contributed by atoms with Gasteiger partial charge in [-0.2, -0.15) is 0 Å². The van der Waals surface area contributed by atoms with Crippen LogP contribution in [0.3, 0.4) is 0 Å². The number of carbonyl (C=O) groups is 2. The molecule has 7 heteroatoms. The number of nitrogen functional groups attached to an aromatic ring is 1. The van der Waals surface area contributed by atoms with E-state index in [0.717, 1.165) is 5.56 Å². The highest BCUT2D eigenvalue weighted by molar-refractivity contribution is 7.14. The van der Waals surface area contributed by atoms with E-state index >= 15 is 0 Å². The van der Waals surface area contributed by atoms with E-state index in [-0.39, 0.29) is 11.8 Å². The minimum Gasteiger partial charge on any atom is -0.403 e. The first-order valence-electron chi connectivity index (χ1n) is 5.66. The number of hydrogen-bond acceptors (Lipinski definition) is 6. The van der Waals surface area contributed by atoms with Gasteiger partial charge in [-0.25, -0.2) is 0 Å². The fourth-order valence-corrected chi connectivity index (χ4v) is 2.94. The van der Waals surface area contributed by atoms with Crippen molar-refractivity contribution in [2.45, 2.75) is 31.8 Å². The molecule has 1 aromatic rings. The van der Waals surface area contributed by atoms with Crippen molar-refractivity contribution in [1.29, 1.82) is 0 Å². The first kappa shape index (κ1) is 11.5. The molecule has 0 aromatic carbocycles. The number of nitrogens with one attached hydrogen (secondary N) is 1. The Morgan fingerprint density at radius 3 is 3.00 bits per heavy atom. The van der Waals surface area contributed by atoms with Gasteiger partial charge in [-0.05, 0) is 13.3 Å². The molecule has 3 rings (SSSR count). The zero-order chi connectivity index (χ0) is 12.9. The monoisotopic (exact) mass is 267 g/mol. The Bertz CT molecular complexity index is 542. The summed E-state index contributed by atoms with van der Waals surface area (Å²) in [5.41, 5.74) is 5.94. The van der Waals surface area contributed by atoms with E-state index in [0.29, 0.717) is 30.1 Å². The van der Waals surface area contributed by atoms with Gasteiger partial charge in [0.25, 0.3) is 0 Å². The highest BCUT2D eigenvalue weighted by Crippen LogP contribution is 2.41. The van der Waals surface area contributed by atoms with Crippen LogP contribution in [0.1, 0.15) is 25.3 Å². The third-order valence-corrected chi connectivity index (χ3v) is 4.36. The minimum atomic E-state index is -0.822. The molecule has 2 aliphatic rings. The Morgan fingerprint density at radius 1 is 1.56 bits per heavy atom. The van der Waals surface area contributed by atoms with Gasteiger partial charge in [0.2, 0.25) is 11.8 Å². The first-order chi connectivity index (χ1) is 8.50. The second kappa shape index (κ2) is 3.69. The Labute approximate surface area is 108 Å². The number of hydrogen-bond donors (Lipinski definition) is 2. The number of fused-ring (bicyclic) bond motifs is 1. The maximum absolute atomic E-state index is 12.0. The van der Waals surface area contributed by atoms with E-state index in [9.17, 15) is 9.59 Å². The number of rotatable bonds is 1. The van der Waals surface area contributed by atoms with Gasteiger partial charge in [0.05, 0.1) is 11.5 Å². The van der Waals surface area contributed by atoms with Crippen LogP contribution in [0.25, 0.3) is 0 Å². The van der Waals surface area contributed by atoms with Crippen LogP contribution in [-0.2, 0) is 16.1 Å². The molecule has 0 unspecified atom stereocenters. The molecular formula is C11H13N3O3S. The maximum atomic E-state index is 12.0. The van der Waals surface area contributed by atoms with Gasteiger partial charge >= 0.3 is 0 Å². The molecular weight excluding hydrogens is 254 g/mol. The number of piperidine rings is 1. The van der Waals surface area contributed by atoms with Gasteiger partial charge in [-0.3, -0.25) is 14.9 Å². The molecule has 0 saturated carbocycles. The molecule has 18 heavy (non-hydrogen) atoms. The van der Waals surface area contributed by atoms with Crippen LogP contribution in [0, 0.1) is 0 Å². The zero-order valence-corrected chi connectivity index (χ0v) is 10.7. The molecule has 3 heterocycles. The van der Waals surface area contributed by atoms with Gasteiger partial charge in [-0.1, -0.05) is 0 Å². The lowest BCUT2D eigenvalue weighted by Gasteiger charge is -2.37. The summed E-state index contributed by atoms with van der Waals surface area (Å²) in [6.45, 7) is 2.25. The summed E-state index contributed by atoms with van der Waals surface area (Å²) >= 11 is 1.43. The number of amides is 2. The molecule has 1 saturated heterocycles. The van der Waals surface area contributed by atoms with Crippen LogP contribution in [0.2, 0.25) is 0 Å². The summed E-state index contributed by atoms with van der Waals surface area (Å²) in [5.74, 6) is 0.167. The summed E-state index contributed by atoms with van der Waals surface area (Å²) < 4.78 is 0. The highest BCUT2D eigenvalue weighted by atomic mass is 32.1. The van der Waals surface area contributed by atoms with Gasteiger partial charge < -0.3 is 10.6 Å². The summed E-state index contributed by atoms with van der Waals surface area (Å²) in [6, 6.07) is 0. The Hall–Kier alpha value is -1.60. The standard InChI is InChI=1S/C11H13N3O3S/c1-11(3-2-8(15)13-10(11)16)14-4-6-7(17-14)5-18-9(6)12/h5H,2-4,12H2,1H3,(H,13,15,16)/t11-/m0/s1. The Kier molecular flexibility index (Phi) is 2.36. The predicted octanol–water partition coefficient (Wildman–Crippen LogP) is 0.635. The van der Waals surface area contributed by atoms with E-state index in [1.807, 2.05) is 5.38 Å². The topological polar surface area (TPSA) is 84.7 Å². The van der Waals surface area contributed by atoms with E-state index in [2.05, 4.69) is 5.32 Å². The smallest absolute Gasteiger partial charge is 0.250 e. The molecule has 2 aliphatic heterocycles. The molecule has 6 nitrogen and oxygen atoms in total. The van der Waals surface area contributed by atoms with Crippen LogP contribution < -0.4 is 15.9 Å². The molecule has 0 bridgehead atoms. The number of nitrogens with two attached hydrogens (primary N) is 1. The molecule has 0 spiro atoms. The number of nitrogens with zero attached hydrogens (tertiary/aromatic N) is 1. The summed E-state index contributed by atoms with van der Waals surface area (Å²) in [7, 11) is 0. The van der Waals surface area contributed by atoms with Crippen LogP contribution in [0.15, 0.2) is 5.38 Å². The third-order valence-electron chi connectivity index (χ3n) is 3.53. The van der Waals surface area contributed by atoms with E-state index in [1.165, 1.54) is 11.3 Å². The number of anilines is 1. The second-order valence-corrected chi connectivity index (χ2v) is 5.63. The molecule has 96 valence electrons. The van der Waals surface area contributed by atoms with Crippen molar-refractivity contribution in [3.8, 4) is 5.75 Å². The SMILES string of the molecule is C[C@]1(N2Cc3c(csc3N)O2)CCC(=O)NC1=O. The molecule has 2 amide bonds. The van der Waals surface area contributed by atoms with Crippen LogP contribution in [-0.4, -0.2) is 22.4 Å². The van der Waals surface area contributed by atoms with Gasteiger partial charge in [0.1, 0.15) is 5.54 Å². The molecule has 0 aliphatic carbocycles.